The molecule has 0 bridgehead atoms. The predicted octanol–water partition coefficient (Wildman–Crippen LogP) is 4.91. The van der Waals surface area contributed by atoms with Gasteiger partial charge in [0, 0.05) is 12.1 Å². The van der Waals surface area contributed by atoms with E-state index in [1.54, 1.807) is 26.0 Å². The number of hydrogen-bond donors (Lipinski definition) is 2. The highest BCUT2D eigenvalue weighted by Gasteiger charge is 2.33. The van der Waals surface area contributed by atoms with Gasteiger partial charge in [0.1, 0.15) is 11.6 Å². The van der Waals surface area contributed by atoms with Crippen LogP contribution in [0.2, 0.25) is 0 Å². The van der Waals surface area contributed by atoms with E-state index >= 15 is 4.39 Å². The molecule has 0 fully saturated rings. The van der Waals surface area contributed by atoms with Crippen molar-refractivity contribution >= 4 is 38.7 Å². The SMILES string of the molecule is Br.CCOc1cc2c(c(F)c1OCC)C(=N)N(CC(=O)c1ccc(CS(=O)(=O)O)c(C(C)(C)C)c1)C2. The van der Waals surface area contributed by atoms with Crippen molar-refractivity contribution < 1.29 is 31.6 Å². The van der Waals surface area contributed by atoms with Crippen LogP contribution in [0.1, 0.15) is 67.2 Å². The molecule has 0 aliphatic carbocycles. The lowest BCUT2D eigenvalue weighted by atomic mass is 9.83. The predicted molar refractivity (Wildman–Crippen MR) is 141 cm³/mol. The van der Waals surface area contributed by atoms with Crippen molar-refractivity contribution in [3.63, 3.8) is 0 Å². The zero-order valence-electron chi connectivity index (χ0n) is 21.0. The smallest absolute Gasteiger partial charge is 0.269 e. The first-order chi connectivity index (χ1) is 16.3. The van der Waals surface area contributed by atoms with Crippen molar-refractivity contribution in [3.05, 3.63) is 57.9 Å². The molecule has 0 radical (unpaired) electrons. The fourth-order valence-electron chi connectivity index (χ4n) is 4.19. The summed E-state index contributed by atoms with van der Waals surface area (Å²) in [5.41, 5.74) is 1.50. The number of amidine groups is 1. The Kier molecular flexibility index (Phi) is 9.30. The first-order valence-electron chi connectivity index (χ1n) is 11.3. The zero-order chi connectivity index (χ0) is 26.1. The maximum absolute atomic E-state index is 15.3. The number of carbonyl (C=O) groups is 1. The minimum absolute atomic E-state index is 0. The normalized spacial score (nSPS) is 13.3. The Morgan fingerprint density at radius 1 is 1.17 bits per heavy atom. The van der Waals surface area contributed by atoms with E-state index in [1.807, 2.05) is 20.8 Å². The van der Waals surface area contributed by atoms with Crippen LogP contribution in [-0.2, 0) is 27.8 Å². The summed E-state index contributed by atoms with van der Waals surface area (Å²) in [5, 5.41) is 8.50. The van der Waals surface area contributed by atoms with Crippen molar-refractivity contribution in [1.29, 1.82) is 5.41 Å². The van der Waals surface area contributed by atoms with Crippen molar-refractivity contribution in [2.45, 2.75) is 52.3 Å². The summed E-state index contributed by atoms with van der Waals surface area (Å²) in [5.74, 6) is -1.44. The second-order valence-corrected chi connectivity index (χ2v) is 10.8. The summed E-state index contributed by atoms with van der Waals surface area (Å²) >= 11 is 0. The van der Waals surface area contributed by atoms with Gasteiger partial charge in [0.25, 0.3) is 10.1 Å². The summed E-state index contributed by atoms with van der Waals surface area (Å²) in [7, 11) is -4.25. The number of nitrogens with one attached hydrogen (secondary N) is 1. The van der Waals surface area contributed by atoms with E-state index in [0.29, 0.717) is 28.9 Å². The lowest BCUT2D eigenvalue weighted by Gasteiger charge is -2.24. The van der Waals surface area contributed by atoms with E-state index in [0.717, 1.165) is 0 Å². The monoisotopic (exact) mass is 586 g/mol. The lowest BCUT2D eigenvalue weighted by Crippen LogP contribution is -2.30. The minimum atomic E-state index is -4.25. The summed E-state index contributed by atoms with van der Waals surface area (Å²) in [6.45, 7) is 9.70. The number of fused-ring (bicyclic) bond motifs is 1. The molecule has 36 heavy (non-hydrogen) atoms. The van der Waals surface area contributed by atoms with E-state index in [-0.39, 0.29) is 65.4 Å². The highest BCUT2D eigenvalue weighted by Crippen LogP contribution is 2.39. The van der Waals surface area contributed by atoms with E-state index in [1.165, 1.54) is 17.0 Å². The topological polar surface area (TPSA) is 117 Å². The number of halogens is 2. The quantitative estimate of drug-likeness (QED) is 0.316. The molecule has 2 aromatic rings. The third-order valence-electron chi connectivity index (χ3n) is 5.68. The van der Waals surface area contributed by atoms with E-state index in [4.69, 9.17) is 14.9 Å². The van der Waals surface area contributed by atoms with E-state index < -0.39 is 27.1 Å². The van der Waals surface area contributed by atoms with Gasteiger partial charge in [0.2, 0.25) is 0 Å². The highest BCUT2D eigenvalue weighted by atomic mass is 79.9. The highest BCUT2D eigenvalue weighted by molar-refractivity contribution is 8.93. The Bertz CT molecular complexity index is 1270. The molecule has 3 rings (SSSR count). The third-order valence-corrected chi connectivity index (χ3v) is 6.36. The number of Topliss-reactive ketones (excluding diaryl/α,β-unsaturated/α-hetero) is 1. The molecule has 1 aliphatic heterocycles. The molecule has 2 aromatic carbocycles. The van der Waals surface area contributed by atoms with Crippen LogP contribution in [0, 0.1) is 11.2 Å². The third kappa shape index (κ3) is 6.43. The van der Waals surface area contributed by atoms with Crippen LogP contribution < -0.4 is 9.47 Å². The molecule has 8 nitrogen and oxygen atoms in total. The fraction of sp³-hybridized carbons (Fsp3) is 0.440. The Balaban J connectivity index is 0.00000456. The summed E-state index contributed by atoms with van der Waals surface area (Å²) < 4.78 is 58.4. The molecule has 1 aliphatic rings. The standard InChI is InChI=1S/C25H31FN2O6S.BrH/c1-6-33-20-11-17-12-28(24(27)21(17)22(26)23(20)34-7-2)13-19(29)15-8-9-16(14-35(30,31)32)18(10-15)25(3,4)5;/h8-11,27H,6-7,12-14H2,1-5H3,(H,30,31,32);1H. The van der Waals surface area contributed by atoms with E-state index in [9.17, 15) is 17.8 Å². The van der Waals surface area contributed by atoms with Crippen LogP contribution >= 0.6 is 17.0 Å². The van der Waals surface area contributed by atoms with Gasteiger partial charge in [-0.25, -0.2) is 4.39 Å². The van der Waals surface area contributed by atoms with Crippen LogP contribution in [0.25, 0.3) is 0 Å². The molecule has 0 amide bonds. The van der Waals surface area contributed by atoms with Crippen molar-refractivity contribution in [2.24, 2.45) is 0 Å². The van der Waals surface area contributed by atoms with Crippen molar-refractivity contribution in [3.8, 4) is 11.5 Å². The van der Waals surface area contributed by atoms with Crippen LogP contribution in [0.5, 0.6) is 11.5 Å². The van der Waals surface area contributed by atoms with Gasteiger partial charge in [-0.3, -0.25) is 14.8 Å². The zero-order valence-corrected chi connectivity index (χ0v) is 23.5. The largest absolute Gasteiger partial charge is 0.490 e. The maximum Gasteiger partial charge on any atom is 0.269 e. The van der Waals surface area contributed by atoms with Gasteiger partial charge in [-0.15, -0.1) is 17.0 Å². The Morgan fingerprint density at radius 3 is 2.36 bits per heavy atom. The number of rotatable bonds is 9. The van der Waals surface area contributed by atoms with Gasteiger partial charge < -0.3 is 14.4 Å². The average Bonchev–Trinajstić information content (AvgIpc) is 3.04. The summed E-state index contributed by atoms with van der Waals surface area (Å²) in [6.07, 6.45) is 0. The fourth-order valence-corrected chi connectivity index (χ4v) is 4.84. The van der Waals surface area contributed by atoms with Crippen molar-refractivity contribution in [1.82, 2.24) is 4.90 Å². The van der Waals surface area contributed by atoms with Gasteiger partial charge in [0.05, 0.1) is 25.3 Å². The number of ether oxygens (including phenoxy) is 2. The number of carbonyl (C=O) groups excluding carboxylic acids is 1. The first-order valence-corrected chi connectivity index (χ1v) is 12.9. The molecular weight excluding hydrogens is 555 g/mol. The Hall–Kier alpha value is -2.50. The molecule has 0 atom stereocenters. The molecule has 0 saturated carbocycles. The average molecular weight is 588 g/mol. The second kappa shape index (κ2) is 11.3. The van der Waals surface area contributed by atoms with Crippen LogP contribution in [0.3, 0.4) is 0 Å². The number of hydrogen-bond acceptors (Lipinski definition) is 6. The molecule has 0 aromatic heterocycles. The second-order valence-electron chi connectivity index (χ2n) is 9.39. The van der Waals surface area contributed by atoms with Gasteiger partial charge in [-0.1, -0.05) is 32.9 Å². The Labute approximate surface area is 221 Å². The van der Waals surface area contributed by atoms with Crippen LogP contribution in [0.4, 0.5) is 4.39 Å². The number of nitrogens with zero attached hydrogens (tertiary/aromatic N) is 1. The van der Waals surface area contributed by atoms with E-state index in [2.05, 4.69) is 0 Å². The maximum atomic E-state index is 15.3. The lowest BCUT2D eigenvalue weighted by molar-refractivity contribution is 0.0962. The van der Waals surface area contributed by atoms with Gasteiger partial charge >= 0.3 is 0 Å². The van der Waals surface area contributed by atoms with Crippen molar-refractivity contribution in [2.75, 3.05) is 19.8 Å². The number of benzene rings is 2. The molecule has 198 valence electrons. The van der Waals surface area contributed by atoms with Crippen LogP contribution in [0.15, 0.2) is 24.3 Å². The molecule has 0 saturated heterocycles. The Morgan fingerprint density at radius 2 is 1.81 bits per heavy atom. The van der Waals surface area contributed by atoms with Gasteiger partial charge in [-0.2, -0.15) is 8.42 Å². The molecule has 0 unspecified atom stereocenters. The molecule has 1 heterocycles. The minimum Gasteiger partial charge on any atom is -0.490 e. The van der Waals surface area contributed by atoms with Gasteiger partial charge in [0.15, 0.2) is 23.1 Å². The first kappa shape index (κ1) is 29.7. The van der Waals surface area contributed by atoms with Gasteiger partial charge in [-0.05, 0) is 48.1 Å². The summed E-state index contributed by atoms with van der Waals surface area (Å²) in [4.78, 5) is 14.6. The molecule has 0 spiro atoms. The van der Waals surface area contributed by atoms with Crippen LogP contribution in [-0.4, -0.2) is 49.2 Å². The molecular formula is C25H32BrFN2O6S. The summed E-state index contributed by atoms with van der Waals surface area (Å²) in [6, 6.07) is 6.30. The molecule has 2 N–H and O–H groups in total. The number of ketones is 1. The molecule has 11 heteroatoms.